The van der Waals surface area contributed by atoms with Crippen molar-refractivity contribution < 1.29 is 9.18 Å². The lowest BCUT2D eigenvalue weighted by Crippen LogP contribution is -2.38. The quantitative estimate of drug-likeness (QED) is 0.546. The number of aromatic nitrogens is 3. The Hall–Kier alpha value is -3.35. The molecule has 1 amide bonds. The van der Waals surface area contributed by atoms with Crippen molar-refractivity contribution in [2.24, 2.45) is 0 Å². The Labute approximate surface area is 194 Å². The Balaban J connectivity index is 1.26. The second kappa shape index (κ2) is 10.5. The normalized spacial score (nSPS) is 14.3. The predicted octanol–water partition coefficient (Wildman–Crippen LogP) is 5.10. The van der Waals surface area contributed by atoms with Crippen molar-refractivity contribution in [3.63, 3.8) is 0 Å². The van der Waals surface area contributed by atoms with Crippen molar-refractivity contribution in [3.05, 3.63) is 77.1 Å². The maximum absolute atomic E-state index is 13.4. The van der Waals surface area contributed by atoms with Gasteiger partial charge in [0.2, 0.25) is 5.91 Å². The first-order chi connectivity index (χ1) is 16.0. The number of hydrogen-bond donors (Lipinski definition) is 1. The molecular formula is C26H30FN5O. The first kappa shape index (κ1) is 22.8. The molecule has 0 bridgehead atoms. The fourth-order valence-electron chi connectivity index (χ4n) is 4.26. The molecule has 1 fully saturated rings. The van der Waals surface area contributed by atoms with E-state index >= 15 is 0 Å². The molecule has 4 rings (SSSR count). The number of amides is 1. The van der Waals surface area contributed by atoms with Gasteiger partial charge in [-0.05, 0) is 68.4 Å². The molecule has 1 saturated heterocycles. The standard InChI is InChI=1S/C26H30FN5O/c1-18-5-4-12-29-26(18)31-24-17-28-16-23(30-24)21-10-13-32(14-11-21)25(33)7-3-6-20-8-9-22(27)19(2)15-20/h4-5,8-9,12,15-17,21H,3,6-7,10-11,13-14H2,1-2H3,(H,29,30,31). The minimum atomic E-state index is -0.185. The molecule has 3 heterocycles. The van der Waals surface area contributed by atoms with Crippen molar-refractivity contribution in [1.29, 1.82) is 0 Å². The third-order valence-corrected chi connectivity index (χ3v) is 6.25. The van der Waals surface area contributed by atoms with Crippen LogP contribution in [0, 0.1) is 19.7 Å². The number of piperidine rings is 1. The Morgan fingerprint density at radius 1 is 1.15 bits per heavy atom. The summed E-state index contributed by atoms with van der Waals surface area (Å²) in [6.07, 6.45) is 9.11. The summed E-state index contributed by atoms with van der Waals surface area (Å²) in [6.45, 7) is 5.24. The number of carbonyl (C=O) groups is 1. The molecule has 3 aromatic rings. The fraction of sp³-hybridized carbons (Fsp3) is 0.385. The van der Waals surface area contributed by atoms with Crippen LogP contribution in [0.5, 0.6) is 0 Å². The molecule has 0 saturated carbocycles. The van der Waals surface area contributed by atoms with Crippen molar-refractivity contribution >= 4 is 17.5 Å². The number of benzene rings is 1. The van der Waals surface area contributed by atoms with E-state index in [0.29, 0.717) is 17.8 Å². The highest BCUT2D eigenvalue weighted by atomic mass is 19.1. The zero-order chi connectivity index (χ0) is 23.2. The van der Waals surface area contributed by atoms with Gasteiger partial charge in [-0.25, -0.2) is 14.4 Å². The molecule has 172 valence electrons. The van der Waals surface area contributed by atoms with Crippen LogP contribution in [0.15, 0.2) is 48.9 Å². The van der Waals surface area contributed by atoms with Gasteiger partial charge in [-0.3, -0.25) is 9.78 Å². The van der Waals surface area contributed by atoms with E-state index in [1.165, 1.54) is 6.07 Å². The maximum Gasteiger partial charge on any atom is 0.222 e. The van der Waals surface area contributed by atoms with Crippen LogP contribution < -0.4 is 5.32 Å². The smallest absolute Gasteiger partial charge is 0.222 e. The minimum absolute atomic E-state index is 0.185. The summed E-state index contributed by atoms with van der Waals surface area (Å²) in [6, 6.07) is 9.08. The van der Waals surface area contributed by atoms with Gasteiger partial charge in [-0.1, -0.05) is 18.2 Å². The third kappa shape index (κ3) is 5.92. The van der Waals surface area contributed by atoms with Crippen LogP contribution in [0.1, 0.15) is 54.0 Å². The molecule has 1 aliphatic heterocycles. The molecule has 6 nitrogen and oxygen atoms in total. The van der Waals surface area contributed by atoms with Gasteiger partial charge in [0, 0.05) is 37.8 Å². The van der Waals surface area contributed by atoms with E-state index < -0.39 is 0 Å². The van der Waals surface area contributed by atoms with E-state index in [-0.39, 0.29) is 17.6 Å². The van der Waals surface area contributed by atoms with E-state index in [4.69, 9.17) is 4.98 Å². The van der Waals surface area contributed by atoms with Crippen LogP contribution in [0.2, 0.25) is 0 Å². The van der Waals surface area contributed by atoms with E-state index in [1.807, 2.05) is 36.2 Å². The van der Waals surface area contributed by atoms with Gasteiger partial charge >= 0.3 is 0 Å². The van der Waals surface area contributed by atoms with Gasteiger partial charge < -0.3 is 10.2 Å². The predicted molar refractivity (Wildman–Crippen MR) is 127 cm³/mol. The number of likely N-dealkylation sites (tertiary alicyclic amines) is 1. The summed E-state index contributed by atoms with van der Waals surface area (Å²) in [4.78, 5) is 28.1. The number of nitrogens with zero attached hydrogens (tertiary/aromatic N) is 4. The van der Waals surface area contributed by atoms with Gasteiger partial charge in [-0.2, -0.15) is 0 Å². The zero-order valence-corrected chi connectivity index (χ0v) is 19.2. The lowest BCUT2D eigenvalue weighted by atomic mass is 9.93. The SMILES string of the molecule is Cc1cc(CCCC(=O)N2CCC(c3cncc(Nc4ncccc4C)n3)CC2)ccc1F. The molecule has 0 unspecified atom stereocenters. The van der Waals surface area contributed by atoms with Gasteiger partial charge in [0.1, 0.15) is 17.5 Å². The van der Waals surface area contributed by atoms with Crippen molar-refractivity contribution in [3.8, 4) is 0 Å². The van der Waals surface area contributed by atoms with Crippen LogP contribution in [-0.4, -0.2) is 38.8 Å². The Morgan fingerprint density at radius 3 is 2.73 bits per heavy atom. The zero-order valence-electron chi connectivity index (χ0n) is 19.2. The molecular weight excluding hydrogens is 417 g/mol. The van der Waals surface area contributed by atoms with E-state index in [9.17, 15) is 9.18 Å². The molecule has 0 aliphatic carbocycles. The molecule has 1 aromatic carbocycles. The fourth-order valence-corrected chi connectivity index (χ4v) is 4.26. The Morgan fingerprint density at radius 2 is 1.97 bits per heavy atom. The first-order valence-electron chi connectivity index (χ1n) is 11.5. The van der Waals surface area contributed by atoms with Crippen LogP contribution in [0.4, 0.5) is 16.0 Å². The third-order valence-electron chi connectivity index (χ3n) is 6.25. The molecule has 1 aliphatic rings. The summed E-state index contributed by atoms with van der Waals surface area (Å²) < 4.78 is 13.4. The highest BCUT2D eigenvalue weighted by Gasteiger charge is 2.24. The molecule has 0 atom stereocenters. The lowest BCUT2D eigenvalue weighted by molar-refractivity contribution is -0.132. The molecule has 2 aromatic heterocycles. The first-order valence-corrected chi connectivity index (χ1v) is 11.5. The second-order valence-electron chi connectivity index (χ2n) is 8.72. The van der Waals surface area contributed by atoms with Crippen LogP contribution in [0.25, 0.3) is 0 Å². The van der Waals surface area contributed by atoms with E-state index in [0.717, 1.165) is 61.4 Å². The van der Waals surface area contributed by atoms with E-state index in [2.05, 4.69) is 15.3 Å². The second-order valence-corrected chi connectivity index (χ2v) is 8.72. The monoisotopic (exact) mass is 447 g/mol. The Bertz CT molecular complexity index is 1110. The van der Waals surface area contributed by atoms with Gasteiger partial charge in [-0.15, -0.1) is 0 Å². The summed E-state index contributed by atoms with van der Waals surface area (Å²) in [5, 5.41) is 3.25. The molecule has 1 N–H and O–H groups in total. The minimum Gasteiger partial charge on any atom is -0.343 e. The lowest BCUT2D eigenvalue weighted by Gasteiger charge is -2.31. The number of halogens is 1. The van der Waals surface area contributed by atoms with Crippen molar-refractivity contribution in [2.75, 3.05) is 18.4 Å². The highest BCUT2D eigenvalue weighted by Crippen LogP contribution is 2.28. The average Bonchev–Trinajstić information content (AvgIpc) is 2.83. The number of rotatable bonds is 7. The molecule has 0 spiro atoms. The summed E-state index contributed by atoms with van der Waals surface area (Å²) in [5.74, 6) is 1.76. The van der Waals surface area contributed by atoms with Crippen LogP contribution >= 0.6 is 0 Å². The highest BCUT2D eigenvalue weighted by molar-refractivity contribution is 5.76. The van der Waals surface area contributed by atoms with Gasteiger partial charge in [0.15, 0.2) is 0 Å². The van der Waals surface area contributed by atoms with Crippen LogP contribution in [0.3, 0.4) is 0 Å². The molecule has 0 radical (unpaired) electrons. The van der Waals surface area contributed by atoms with Gasteiger partial charge in [0.25, 0.3) is 0 Å². The molecule has 33 heavy (non-hydrogen) atoms. The van der Waals surface area contributed by atoms with Gasteiger partial charge in [0.05, 0.1) is 11.9 Å². The Kier molecular flexibility index (Phi) is 7.27. The topological polar surface area (TPSA) is 71.0 Å². The number of aryl methyl sites for hydroxylation is 3. The summed E-state index contributed by atoms with van der Waals surface area (Å²) >= 11 is 0. The summed E-state index contributed by atoms with van der Waals surface area (Å²) in [7, 11) is 0. The number of pyridine rings is 1. The number of hydrogen-bond acceptors (Lipinski definition) is 5. The number of anilines is 2. The van der Waals surface area contributed by atoms with Crippen molar-refractivity contribution in [1.82, 2.24) is 19.9 Å². The number of carbonyl (C=O) groups excluding carboxylic acids is 1. The maximum atomic E-state index is 13.4. The number of nitrogens with one attached hydrogen (secondary N) is 1. The van der Waals surface area contributed by atoms with E-state index in [1.54, 1.807) is 25.4 Å². The van der Waals surface area contributed by atoms with Crippen molar-refractivity contribution in [2.45, 2.75) is 51.9 Å². The van der Waals surface area contributed by atoms with Crippen LogP contribution in [-0.2, 0) is 11.2 Å². The largest absolute Gasteiger partial charge is 0.343 e. The average molecular weight is 448 g/mol. The summed E-state index contributed by atoms with van der Waals surface area (Å²) in [5.41, 5.74) is 3.73. The molecule has 7 heteroatoms.